The van der Waals surface area contributed by atoms with Gasteiger partial charge in [0.05, 0.1) is 32.8 Å². The Morgan fingerprint density at radius 2 is 1.91 bits per heavy atom. The van der Waals surface area contributed by atoms with Crippen molar-refractivity contribution in [1.82, 2.24) is 24.5 Å². The molecule has 0 fully saturated rings. The Kier molecular flexibility index (Phi) is 5.77. The molecule has 0 radical (unpaired) electrons. The summed E-state index contributed by atoms with van der Waals surface area (Å²) >= 11 is 12.6. The van der Waals surface area contributed by atoms with Gasteiger partial charge in [-0.05, 0) is 24.3 Å². The number of anilines is 3. The zero-order valence-electron chi connectivity index (χ0n) is 16.4. The highest BCUT2D eigenvalue weighted by Crippen LogP contribution is 2.27. The third-order valence-corrected chi connectivity index (χ3v) is 5.23. The van der Waals surface area contributed by atoms with Gasteiger partial charge in [0, 0.05) is 19.2 Å². The van der Waals surface area contributed by atoms with E-state index in [-0.39, 0.29) is 52.1 Å². The highest BCUT2D eigenvalue weighted by Gasteiger charge is 2.18. The van der Waals surface area contributed by atoms with E-state index in [1.54, 1.807) is 36.7 Å². The largest absolute Gasteiger partial charge is 0.382 e. The summed E-state index contributed by atoms with van der Waals surface area (Å²) < 4.78 is 1.42. The summed E-state index contributed by atoms with van der Waals surface area (Å²) in [6, 6.07) is 8.52. The van der Waals surface area contributed by atoms with Gasteiger partial charge in [-0.15, -0.1) is 0 Å². The van der Waals surface area contributed by atoms with E-state index in [1.807, 2.05) is 6.07 Å². The van der Waals surface area contributed by atoms with Crippen LogP contribution in [0.25, 0.3) is 16.6 Å². The summed E-state index contributed by atoms with van der Waals surface area (Å²) in [5, 5.41) is 13.1. The van der Waals surface area contributed by atoms with Gasteiger partial charge in [0.2, 0.25) is 5.95 Å². The number of nitrogens with two attached hydrogens (primary N) is 2. The lowest BCUT2D eigenvalue weighted by molar-refractivity contribution is 0.806. The Bertz CT molecular complexity index is 1430. The summed E-state index contributed by atoms with van der Waals surface area (Å²) in [6.07, 6.45) is 3.41. The summed E-state index contributed by atoms with van der Waals surface area (Å²) in [4.78, 5) is 29.9. The van der Waals surface area contributed by atoms with Gasteiger partial charge in [0.1, 0.15) is 23.3 Å². The van der Waals surface area contributed by atoms with Crippen LogP contribution in [0.2, 0.25) is 10.0 Å². The van der Waals surface area contributed by atoms with E-state index in [0.717, 1.165) is 0 Å². The first kappa shape index (κ1) is 21.3. The SMILES string of the molecule is N#Cc1c(N)nc(N)nc1NCCc1nc2c(Cl)ccc(Cl)c2c(=O)n1-c1cccnc1. The third-order valence-electron chi connectivity index (χ3n) is 4.61. The molecule has 1 aromatic carbocycles. The maximum Gasteiger partial charge on any atom is 0.267 e. The van der Waals surface area contributed by atoms with Crippen LogP contribution in [-0.2, 0) is 6.42 Å². The number of nitrogen functional groups attached to an aromatic ring is 2. The van der Waals surface area contributed by atoms with Crippen molar-refractivity contribution in [3.63, 3.8) is 0 Å². The Labute approximate surface area is 191 Å². The average molecular weight is 468 g/mol. The zero-order valence-corrected chi connectivity index (χ0v) is 17.9. The van der Waals surface area contributed by atoms with Gasteiger partial charge in [-0.1, -0.05) is 23.2 Å². The van der Waals surface area contributed by atoms with Gasteiger partial charge in [-0.3, -0.25) is 14.3 Å². The van der Waals surface area contributed by atoms with E-state index in [1.165, 1.54) is 4.57 Å². The smallest absolute Gasteiger partial charge is 0.267 e. The lowest BCUT2D eigenvalue weighted by Crippen LogP contribution is -2.26. The molecule has 0 saturated heterocycles. The molecule has 160 valence electrons. The van der Waals surface area contributed by atoms with Crippen LogP contribution in [0, 0.1) is 11.3 Å². The maximum absolute atomic E-state index is 13.4. The molecule has 12 heteroatoms. The number of nitriles is 1. The third kappa shape index (κ3) is 3.87. The van der Waals surface area contributed by atoms with Crippen LogP contribution in [0.5, 0.6) is 0 Å². The molecular weight excluding hydrogens is 453 g/mol. The second kappa shape index (κ2) is 8.66. The number of rotatable bonds is 5. The number of fused-ring (bicyclic) bond motifs is 1. The predicted molar refractivity (Wildman–Crippen MR) is 123 cm³/mol. The predicted octanol–water partition coefficient (Wildman–Crippen LogP) is 2.57. The molecule has 0 amide bonds. The van der Waals surface area contributed by atoms with Gasteiger partial charge >= 0.3 is 0 Å². The minimum atomic E-state index is -0.376. The molecule has 5 N–H and O–H groups in total. The normalized spacial score (nSPS) is 10.8. The van der Waals surface area contributed by atoms with Gasteiger partial charge < -0.3 is 16.8 Å². The molecule has 0 aliphatic rings. The van der Waals surface area contributed by atoms with E-state index in [9.17, 15) is 10.1 Å². The van der Waals surface area contributed by atoms with E-state index < -0.39 is 0 Å². The first-order chi connectivity index (χ1) is 15.4. The summed E-state index contributed by atoms with van der Waals surface area (Å²) in [5.74, 6) is 0.497. The molecule has 0 bridgehead atoms. The summed E-state index contributed by atoms with van der Waals surface area (Å²) in [5.41, 5.74) is 11.9. The van der Waals surface area contributed by atoms with Gasteiger partial charge in [-0.2, -0.15) is 15.2 Å². The molecule has 3 heterocycles. The minimum Gasteiger partial charge on any atom is -0.382 e. The minimum absolute atomic E-state index is 0.0278. The molecule has 32 heavy (non-hydrogen) atoms. The molecule has 0 unspecified atom stereocenters. The van der Waals surface area contributed by atoms with Crippen molar-refractivity contribution in [2.24, 2.45) is 0 Å². The summed E-state index contributed by atoms with van der Waals surface area (Å²) in [7, 11) is 0. The molecule has 0 atom stereocenters. The number of nitrogens with zero attached hydrogens (tertiary/aromatic N) is 6. The maximum atomic E-state index is 13.4. The fraction of sp³-hybridized carbons (Fsp3) is 0.100. The van der Waals surface area contributed by atoms with Crippen LogP contribution >= 0.6 is 23.2 Å². The van der Waals surface area contributed by atoms with Crippen molar-refractivity contribution in [3.05, 3.63) is 68.4 Å². The van der Waals surface area contributed by atoms with Gasteiger partial charge in [0.15, 0.2) is 5.82 Å². The molecule has 0 saturated carbocycles. The van der Waals surface area contributed by atoms with Crippen LogP contribution in [0.15, 0.2) is 41.5 Å². The van der Waals surface area contributed by atoms with Crippen molar-refractivity contribution in [2.75, 3.05) is 23.3 Å². The van der Waals surface area contributed by atoms with Crippen molar-refractivity contribution >= 4 is 51.7 Å². The first-order valence-corrected chi connectivity index (χ1v) is 10.0. The van der Waals surface area contributed by atoms with Crippen LogP contribution < -0.4 is 22.3 Å². The molecule has 10 nitrogen and oxygen atoms in total. The van der Waals surface area contributed by atoms with E-state index in [2.05, 4.69) is 25.3 Å². The van der Waals surface area contributed by atoms with Gasteiger partial charge in [-0.25, -0.2) is 4.98 Å². The van der Waals surface area contributed by atoms with Crippen molar-refractivity contribution < 1.29 is 0 Å². The van der Waals surface area contributed by atoms with Crippen molar-refractivity contribution in [1.29, 1.82) is 5.26 Å². The molecule has 4 rings (SSSR count). The van der Waals surface area contributed by atoms with E-state index in [4.69, 9.17) is 34.7 Å². The van der Waals surface area contributed by atoms with Crippen LogP contribution in [0.4, 0.5) is 17.6 Å². The number of hydrogen-bond acceptors (Lipinski definition) is 9. The number of halogens is 2. The quantitative estimate of drug-likeness (QED) is 0.400. The van der Waals surface area contributed by atoms with Crippen LogP contribution in [0.3, 0.4) is 0 Å². The Balaban J connectivity index is 1.78. The molecule has 4 aromatic rings. The number of benzene rings is 1. The molecule has 3 aromatic heterocycles. The second-order valence-electron chi connectivity index (χ2n) is 6.61. The Hall–Kier alpha value is -3.94. The molecular formula is C20H15Cl2N9O. The summed E-state index contributed by atoms with van der Waals surface area (Å²) in [6.45, 7) is 0.251. The monoisotopic (exact) mass is 467 g/mol. The Morgan fingerprint density at radius 1 is 1.12 bits per heavy atom. The first-order valence-electron chi connectivity index (χ1n) is 9.27. The fourth-order valence-electron chi connectivity index (χ4n) is 3.21. The number of pyridine rings is 1. The standard InChI is InChI=1S/C20H15Cl2N9O/c21-12-3-4-13(22)16-15(12)19(32)31(10-2-1-6-26-9-10)14(28-16)5-7-27-18-11(8-23)17(24)29-20(25)30-18/h1-4,6,9H,5,7H2,(H5,24,25,27,29,30). The number of hydrogen-bond donors (Lipinski definition) is 3. The molecule has 0 aliphatic carbocycles. The van der Waals surface area contributed by atoms with E-state index >= 15 is 0 Å². The van der Waals surface area contributed by atoms with Crippen molar-refractivity contribution in [3.8, 4) is 11.8 Å². The number of nitrogens with one attached hydrogen (secondary N) is 1. The average Bonchev–Trinajstić information content (AvgIpc) is 2.76. The Morgan fingerprint density at radius 3 is 2.62 bits per heavy atom. The zero-order chi connectivity index (χ0) is 22.8. The second-order valence-corrected chi connectivity index (χ2v) is 7.43. The van der Waals surface area contributed by atoms with E-state index in [0.29, 0.717) is 22.1 Å². The number of aromatic nitrogens is 5. The molecule has 0 aliphatic heterocycles. The fourth-order valence-corrected chi connectivity index (χ4v) is 3.64. The highest BCUT2D eigenvalue weighted by atomic mass is 35.5. The van der Waals surface area contributed by atoms with Gasteiger partial charge in [0.25, 0.3) is 5.56 Å². The molecule has 0 spiro atoms. The lowest BCUT2D eigenvalue weighted by atomic mass is 10.2. The lowest BCUT2D eigenvalue weighted by Gasteiger charge is -2.15. The van der Waals surface area contributed by atoms with Crippen LogP contribution in [0.1, 0.15) is 11.4 Å². The van der Waals surface area contributed by atoms with Crippen LogP contribution in [-0.4, -0.2) is 31.0 Å². The topological polar surface area (TPSA) is 161 Å². The van der Waals surface area contributed by atoms with Crippen molar-refractivity contribution in [2.45, 2.75) is 6.42 Å². The highest BCUT2D eigenvalue weighted by molar-refractivity contribution is 6.39.